The van der Waals surface area contributed by atoms with E-state index in [2.05, 4.69) is 46.5 Å². The number of aromatic nitrogens is 1. The highest BCUT2D eigenvalue weighted by atomic mass is 16.3. The molecule has 0 radical (unpaired) electrons. The number of rotatable bonds is 3. The molecule has 0 aromatic carbocycles. The first-order chi connectivity index (χ1) is 6.77. The molecular formula is C13H23NO. The average Bonchev–Trinajstić information content (AvgIpc) is 2.50. The molecule has 2 nitrogen and oxygen atoms in total. The van der Waals surface area contributed by atoms with Gasteiger partial charge in [0.25, 0.3) is 0 Å². The smallest absolute Gasteiger partial charge is 0.199 e. The summed E-state index contributed by atoms with van der Waals surface area (Å²) in [5.74, 6) is 0.835. The summed E-state index contributed by atoms with van der Waals surface area (Å²) in [5, 5.41) is 0. The lowest BCUT2D eigenvalue weighted by Crippen LogP contribution is -2.18. The summed E-state index contributed by atoms with van der Waals surface area (Å²) in [5.41, 5.74) is 1.21. The van der Waals surface area contributed by atoms with Crippen LogP contribution in [0, 0.1) is 0 Å². The molecular weight excluding hydrogens is 186 g/mol. The van der Waals surface area contributed by atoms with Crippen molar-refractivity contribution < 1.29 is 4.42 Å². The van der Waals surface area contributed by atoms with Gasteiger partial charge in [-0.25, -0.2) is 4.98 Å². The second-order valence-electron chi connectivity index (χ2n) is 5.92. The van der Waals surface area contributed by atoms with Crippen molar-refractivity contribution in [3.8, 4) is 0 Å². The molecule has 0 N–H and O–H groups in total. The van der Waals surface area contributed by atoms with Crippen LogP contribution in [0.3, 0.4) is 0 Å². The standard InChI is InChI=1S/C13H23NO/c1-7-8-13(5,6)10-9-15-11(14-10)12(2,3)4/h9H,7-8H2,1-6H3. The Hall–Kier alpha value is -0.790. The Morgan fingerprint density at radius 1 is 1.20 bits per heavy atom. The highest BCUT2D eigenvalue weighted by molar-refractivity contribution is 5.12. The van der Waals surface area contributed by atoms with Crippen LogP contribution in [0.4, 0.5) is 0 Å². The highest BCUT2D eigenvalue weighted by Gasteiger charge is 2.27. The van der Waals surface area contributed by atoms with Crippen LogP contribution < -0.4 is 0 Å². The van der Waals surface area contributed by atoms with Gasteiger partial charge in [0.2, 0.25) is 0 Å². The van der Waals surface area contributed by atoms with Crippen molar-refractivity contribution in [3.05, 3.63) is 17.8 Å². The van der Waals surface area contributed by atoms with Crippen LogP contribution in [0.15, 0.2) is 10.7 Å². The van der Waals surface area contributed by atoms with Crippen molar-refractivity contribution in [3.63, 3.8) is 0 Å². The summed E-state index contributed by atoms with van der Waals surface area (Å²) in [6.45, 7) is 13.0. The van der Waals surface area contributed by atoms with Crippen molar-refractivity contribution in [2.24, 2.45) is 0 Å². The molecule has 2 heteroatoms. The highest BCUT2D eigenvalue weighted by Crippen LogP contribution is 2.30. The van der Waals surface area contributed by atoms with Gasteiger partial charge in [-0.2, -0.15) is 0 Å². The van der Waals surface area contributed by atoms with Gasteiger partial charge in [-0.15, -0.1) is 0 Å². The maximum Gasteiger partial charge on any atom is 0.199 e. The molecule has 0 bridgehead atoms. The molecule has 1 rings (SSSR count). The van der Waals surface area contributed by atoms with Gasteiger partial charge in [0, 0.05) is 10.8 Å². The largest absolute Gasteiger partial charge is 0.448 e. The van der Waals surface area contributed by atoms with Gasteiger partial charge in [0.1, 0.15) is 6.26 Å². The van der Waals surface area contributed by atoms with Crippen LogP contribution in [-0.4, -0.2) is 4.98 Å². The van der Waals surface area contributed by atoms with Gasteiger partial charge < -0.3 is 4.42 Å². The first kappa shape index (κ1) is 12.3. The second-order valence-corrected chi connectivity index (χ2v) is 5.92. The van der Waals surface area contributed by atoms with Gasteiger partial charge in [-0.05, 0) is 6.42 Å². The van der Waals surface area contributed by atoms with Crippen molar-refractivity contribution in [2.45, 2.75) is 65.2 Å². The summed E-state index contributed by atoms with van der Waals surface area (Å²) in [6.07, 6.45) is 4.13. The lowest BCUT2D eigenvalue weighted by atomic mass is 9.85. The molecule has 1 heterocycles. The molecule has 15 heavy (non-hydrogen) atoms. The summed E-state index contributed by atoms with van der Waals surface area (Å²) in [6, 6.07) is 0. The van der Waals surface area contributed by atoms with Crippen molar-refractivity contribution in [1.82, 2.24) is 4.98 Å². The van der Waals surface area contributed by atoms with E-state index in [9.17, 15) is 0 Å². The van der Waals surface area contributed by atoms with Crippen LogP contribution >= 0.6 is 0 Å². The molecule has 0 atom stereocenters. The van der Waals surface area contributed by atoms with Crippen molar-refractivity contribution in [1.29, 1.82) is 0 Å². The molecule has 0 aliphatic carbocycles. The Labute approximate surface area is 93.1 Å². The third-order valence-corrected chi connectivity index (χ3v) is 2.71. The molecule has 0 fully saturated rings. The fourth-order valence-electron chi connectivity index (χ4n) is 1.68. The zero-order chi connectivity index (χ0) is 11.7. The zero-order valence-corrected chi connectivity index (χ0v) is 10.8. The van der Waals surface area contributed by atoms with E-state index in [0.29, 0.717) is 0 Å². The lowest BCUT2D eigenvalue weighted by molar-refractivity contribution is 0.392. The normalized spacial score (nSPS) is 13.2. The van der Waals surface area contributed by atoms with Crippen LogP contribution in [0.5, 0.6) is 0 Å². The van der Waals surface area contributed by atoms with Gasteiger partial charge >= 0.3 is 0 Å². The summed E-state index contributed by atoms with van der Waals surface area (Å²) in [4.78, 5) is 4.61. The summed E-state index contributed by atoms with van der Waals surface area (Å²) < 4.78 is 5.55. The maximum atomic E-state index is 5.55. The van der Waals surface area contributed by atoms with Gasteiger partial charge in [-0.3, -0.25) is 0 Å². The lowest BCUT2D eigenvalue weighted by Gasteiger charge is -2.20. The Kier molecular flexibility index (Phi) is 3.27. The average molecular weight is 209 g/mol. The van der Waals surface area contributed by atoms with E-state index in [1.165, 1.54) is 6.42 Å². The van der Waals surface area contributed by atoms with Crippen molar-refractivity contribution in [2.75, 3.05) is 0 Å². The van der Waals surface area contributed by atoms with Gasteiger partial charge in [-0.1, -0.05) is 48.0 Å². The van der Waals surface area contributed by atoms with Crippen molar-refractivity contribution >= 4 is 0 Å². The molecule has 0 spiro atoms. The molecule has 86 valence electrons. The van der Waals surface area contributed by atoms with E-state index in [1.54, 1.807) is 0 Å². The molecule has 0 amide bonds. The Bertz CT molecular complexity index is 318. The number of oxazole rings is 1. The Balaban J connectivity index is 2.94. The first-order valence-corrected chi connectivity index (χ1v) is 5.74. The third-order valence-electron chi connectivity index (χ3n) is 2.71. The Morgan fingerprint density at radius 3 is 2.20 bits per heavy atom. The number of nitrogens with zero attached hydrogens (tertiary/aromatic N) is 1. The summed E-state index contributed by atoms with van der Waals surface area (Å²) in [7, 11) is 0. The minimum absolute atomic E-state index is 0.000540. The molecule has 0 aliphatic heterocycles. The Morgan fingerprint density at radius 2 is 1.80 bits per heavy atom. The number of hydrogen-bond acceptors (Lipinski definition) is 2. The van der Waals surface area contributed by atoms with E-state index in [0.717, 1.165) is 18.0 Å². The molecule has 1 aromatic rings. The first-order valence-electron chi connectivity index (χ1n) is 5.74. The SMILES string of the molecule is CCCC(C)(C)c1coc(C(C)(C)C)n1. The molecule has 0 aliphatic rings. The fraction of sp³-hybridized carbons (Fsp3) is 0.769. The minimum atomic E-state index is 0.000540. The van der Waals surface area contributed by atoms with Crippen LogP contribution in [-0.2, 0) is 10.8 Å². The van der Waals surface area contributed by atoms with Crippen LogP contribution in [0.1, 0.15) is 66.0 Å². The van der Waals surface area contributed by atoms with E-state index in [1.807, 2.05) is 6.26 Å². The topological polar surface area (TPSA) is 26.0 Å². The van der Waals surface area contributed by atoms with E-state index < -0.39 is 0 Å². The van der Waals surface area contributed by atoms with Gasteiger partial charge in [0.15, 0.2) is 5.89 Å². The summed E-state index contributed by atoms with van der Waals surface area (Å²) >= 11 is 0. The predicted molar refractivity (Wildman–Crippen MR) is 63.1 cm³/mol. The molecule has 0 unspecified atom stereocenters. The fourth-order valence-corrected chi connectivity index (χ4v) is 1.68. The van der Waals surface area contributed by atoms with E-state index in [4.69, 9.17) is 4.42 Å². The monoisotopic (exact) mass is 209 g/mol. The maximum absolute atomic E-state index is 5.55. The molecule has 0 saturated heterocycles. The van der Waals surface area contributed by atoms with Crippen LogP contribution in [0.25, 0.3) is 0 Å². The third kappa shape index (κ3) is 2.83. The molecule has 1 aromatic heterocycles. The number of hydrogen-bond donors (Lipinski definition) is 0. The second kappa shape index (κ2) is 3.99. The predicted octanol–water partition coefficient (Wildman–Crippen LogP) is 4.05. The van der Waals surface area contributed by atoms with Gasteiger partial charge in [0.05, 0.1) is 5.69 Å². The van der Waals surface area contributed by atoms with E-state index in [-0.39, 0.29) is 10.8 Å². The zero-order valence-electron chi connectivity index (χ0n) is 10.8. The molecule has 0 saturated carbocycles. The van der Waals surface area contributed by atoms with Crippen LogP contribution in [0.2, 0.25) is 0 Å². The minimum Gasteiger partial charge on any atom is -0.448 e. The van der Waals surface area contributed by atoms with E-state index >= 15 is 0 Å². The quantitative estimate of drug-likeness (QED) is 0.750.